The summed E-state index contributed by atoms with van der Waals surface area (Å²) in [6.07, 6.45) is 1.90. The number of amides is 1. The number of oxime groups is 1. The van der Waals surface area contributed by atoms with E-state index in [1.807, 2.05) is 0 Å². The third-order valence-electron chi connectivity index (χ3n) is 1.94. The van der Waals surface area contributed by atoms with E-state index < -0.39 is 11.6 Å². The van der Waals surface area contributed by atoms with E-state index in [0.717, 1.165) is 12.8 Å². The molecule has 0 aromatic rings. The van der Waals surface area contributed by atoms with E-state index in [4.69, 9.17) is 15.2 Å². The van der Waals surface area contributed by atoms with E-state index in [0.29, 0.717) is 13.2 Å². The molecule has 1 unspecified atom stereocenters. The molecule has 1 aliphatic rings. The van der Waals surface area contributed by atoms with Gasteiger partial charge in [0.2, 0.25) is 5.71 Å². The summed E-state index contributed by atoms with van der Waals surface area (Å²) in [4.78, 5) is 11.1. The fourth-order valence-corrected chi connectivity index (χ4v) is 1.21. The smallest absolute Gasteiger partial charge is 0.284 e. The van der Waals surface area contributed by atoms with E-state index in [-0.39, 0.29) is 6.10 Å². The van der Waals surface area contributed by atoms with E-state index in [1.54, 1.807) is 0 Å². The highest BCUT2D eigenvalue weighted by Gasteiger charge is 2.18. The average Bonchev–Trinajstić information content (AvgIpc) is 2.69. The van der Waals surface area contributed by atoms with Crippen LogP contribution in [0.25, 0.3) is 0 Å². The molecule has 1 fully saturated rings. The molecule has 0 aromatic heterocycles. The van der Waals surface area contributed by atoms with Crippen LogP contribution >= 0.6 is 0 Å². The first kappa shape index (κ1) is 10.5. The Morgan fingerprint density at radius 3 is 3.07 bits per heavy atom. The molecule has 0 spiro atoms. The highest BCUT2D eigenvalue weighted by molar-refractivity contribution is 6.44. The van der Waals surface area contributed by atoms with E-state index >= 15 is 0 Å². The van der Waals surface area contributed by atoms with Gasteiger partial charge in [0.05, 0.1) is 6.10 Å². The molecule has 0 radical (unpaired) electrons. The van der Waals surface area contributed by atoms with Gasteiger partial charge in [0.25, 0.3) is 5.91 Å². The molecule has 0 aliphatic carbocycles. The van der Waals surface area contributed by atoms with Crippen LogP contribution in [0.2, 0.25) is 0 Å². The molecule has 1 aliphatic heterocycles. The van der Waals surface area contributed by atoms with Crippen molar-refractivity contribution in [3.05, 3.63) is 0 Å². The van der Waals surface area contributed by atoms with Crippen molar-refractivity contribution < 1.29 is 14.7 Å². The number of hydrogen-bond acceptors (Lipinski definition) is 5. The Kier molecular flexibility index (Phi) is 3.88. The largest absolute Gasteiger partial charge is 0.410 e. The molecule has 6 nitrogen and oxygen atoms in total. The fraction of sp³-hybridized carbons (Fsp3) is 0.625. The van der Waals surface area contributed by atoms with Crippen molar-refractivity contribution in [1.82, 2.24) is 5.32 Å². The molecule has 0 aromatic carbocycles. The molecular weight excluding hydrogens is 186 g/mol. The predicted octanol–water partition coefficient (Wildman–Crippen LogP) is -0.365. The molecule has 6 heteroatoms. The third kappa shape index (κ3) is 2.71. The molecule has 0 bridgehead atoms. The summed E-state index contributed by atoms with van der Waals surface area (Å²) in [5.41, 5.74) is -0.539. The second-order valence-electron chi connectivity index (χ2n) is 2.91. The van der Waals surface area contributed by atoms with Gasteiger partial charge in [-0.2, -0.15) is 5.26 Å². The SMILES string of the molecule is N#C/C(=N\O)C(=O)NCC1CCCO1. The maximum absolute atomic E-state index is 11.1. The summed E-state index contributed by atoms with van der Waals surface area (Å²) >= 11 is 0. The fourth-order valence-electron chi connectivity index (χ4n) is 1.21. The molecule has 14 heavy (non-hydrogen) atoms. The number of hydrogen-bond donors (Lipinski definition) is 2. The van der Waals surface area contributed by atoms with Crippen LogP contribution in [0.3, 0.4) is 0 Å². The van der Waals surface area contributed by atoms with Crippen LogP contribution < -0.4 is 5.32 Å². The summed E-state index contributed by atoms with van der Waals surface area (Å²) in [5, 5.41) is 21.6. The first-order valence-corrected chi connectivity index (χ1v) is 4.30. The first-order valence-electron chi connectivity index (χ1n) is 4.30. The summed E-state index contributed by atoms with van der Waals surface area (Å²) in [7, 11) is 0. The number of nitrogens with zero attached hydrogens (tertiary/aromatic N) is 2. The van der Waals surface area contributed by atoms with Crippen molar-refractivity contribution in [2.24, 2.45) is 5.16 Å². The number of carbonyl (C=O) groups excluding carboxylic acids is 1. The Bertz CT molecular complexity index is 276. The van der Waals surface area contributed by atoms with Crippen LogP contribution in [0.1, 0.15) is 12.8 Å². The van der Waals surface area contributed by atoms with Crippen molar-refractivity contribution in [2.45, 2.75) is 18.9 Å². The average molecular weight is 197 g/mol. The predicted molar refractivity (Wildman–Crippen MR) is 46.8 cm³/mol. The van der Waals surface area contributed by atoms with Crippen molar-refractivity contribution >= 4 is 11.6 Å². The van der Waals surface area contributed by atoms with Gasteiger partial charge in [-0.3, -0.25) is 4.79 Å². The number of nitriles is 1. The molecule has 76 valence electrons. The van der Waals surface area contributed by atoms with Crippen LogP contribution in [0.15, 0.2) is 5.16 Å². The summed E-state index contributed by atoms with van der Waals surface area (Å²) in [6, 6.07) is 1.47. The van der Waals surface area contributed by atoms with Crippen LogP contribution in [0, 0.1) is 11.3 Å². The molecule has 2 N–H and O–H groups in total. The molecule has 1 heterocycles. The Hall–Kier alpha value is -1.61. The number of carbonyl (C=O) groups is 1. The Morgan fingerprint density at radius 1 is 1.79 bits per heavy atom. The topological polar surface area (TPSA) is 94.7 Å². The van der Waals surface area contributed by atoms with Crippen molar-refractivity contribution in [3.8, 4) is 6.07 Å². The van der Waals surface area contributed by atoms with Gasteiger partial charge in [0.1, 0.15) is 6.07 Å². The Balaban J connectivity index is 2.30. The minimum Gasteiger partial charge on any atom is -0.410 e. The zero-order valence-corrected chi connectivity index (χ0v) is 7.56. The highest BCUT2D eigenvalue weighted by Crippen LogP contribution is 2.10. The third-order valence-corrected chi connectivity index (χ3v) is 1.94. The van der Waals surface area contributed by atoms with Gasteiger partial charge in [-0.05, 0) is 12.8 Å². The zero-order valence-electron chi connectivity index (χ0n) is 7.56. The lowest BCUT2D eigenvalue weighted by Crippen LogP contribution is -2.36. The normalized spacial score (nSPS) is 21.6. The molecule has 1 rings (SSSR count). The number of ether oxygens (including phenoxy) is 1. The van der Waals surface area contributed by atoms with Gasteiger partial charge in [-0.1, -0.05) is 5.16 Å². The Labute approximate surface area is 81.1 Å². The molecule has 1 saturated heterocycles. The zero-order chi connectivity index (χ0) is 10.4. The van der Waals surface area contributed by atoms with Crippen LogP contribution in [-0.4, -0.2) is 36.1 Å². The molecular formula is C8H11N3O3. The minimum atomic E-state index is -0.675. The van der Waals surface area contributed by atoms with Crippen LogP contribution in [-0.2, 0) is 9.53 Å². The lowest BCUT2D eigenvalue weighted by Gasteiger charge is -2.09. The van der Waals surface area contributed by atoms with Crippen molar-refractivity contribution in [1.29, 1.82) is 5.26 Å². The molecule has 1 amide bonds. The first-order chi connectivity index (χ1) is 6.77. The van der Waals surface area contributed by atoms with Gasteiger partial charge in [-0.25, -0.2) is 0 Å². The van der Waals surface area contributed by atoms with Gasteiger partial charge >= 0.3 is 0 Å². The minimum absolute atomic E-state index is 0.0117. The van der Waals surface area contributed by atoms with E-state index in [9.17, 15) is 4.79 Å². The van der Waals surface area contributed by atoms with Gasteiger partial charge < -0.3 is 15.3 Å². The van der Waals surface area contributed by atoms with Crippen molar-refractivity contribution in [2.75, 3.05) is 13.2 Å². The second-order valence-corrected chi connectivity index (χ2v) is 2.91. The van der Waals surface area contributed by atoms with Gasteiger partial charge in [0.15, 0.2) is 0 Å². The molecule has 1 atom stereocenters. The molecule has 0 saturated carbocycles. The lowest BCUT2D eigenvalue weighted by atomic mass is 10.2. The quantitative estimate of drug-likeness (QED) is 0.367. The maximum Gasteiger partial charge on any atom is 0.284 e. The number of rotatable bonds is 3. The van der Waals surface area contributed by atoms with Gasteiger partial charge in [-0.15, -0.1) is 0 Å². The maximum atomic E-state index is 11.1. The summed E-state index contributed by atoms with van der Waals surface area (Å²) in [6.45, 7) is 1.05. The van der Waals surface area contributed by atoms with Gasteiger partial charge in [0, 0.05) is 13.2 Å². The van der Waals surface area contributed by atoms with E-state index in [2.05, 4.69) is 10.5 Å². The summed E-state index contributed by atoms with van der Waals surface area (Å²) in [5.74, 6) is -0.675. The number of nitrogens with one attached hydrogen (secondary N) is 1. The van der Waals surface area contributed by atoms with Crippen LogP contribution in [0.5, 0.6) is 0 Å². The summed E-state index contributed by atoms with van der Waals surface area (Å²) < 4.78 is 5.25. The standard InChI is InChI=1S/C8H11N3O3/c9-4-7(11-13)8(12)10-5-6-2-1-3-14-6/h6,13H,1-3,5H2,(H,10,12)/b11-7+. The van der Waals surface area contributed by atoms with E-state index in [1.165, 1.54) is 6.07 Å². The second kappa shape index (κ2) is 5.19. The Morgan fingerprint density at radius 2 is 2.57 bits per heavy atom. The highest BCUT2D eigenvalue weighted by atomic mass is 16.5. The van der Waals surface area contributed by atoms with Crippen molar-refractivity contribution in [3.63, 3.8) is 0 Å². The van der Waals surface area contributed by atoms with Crippen LogP contribution in [0.4, 0.5) is 0 Å². The monoisotopic (exact) mass is 197 g/mol. The lowest BCUT2D eigenvalue weighted by molar-refractivity contribution is -0.115.